The maximum atomic E-state index is 9.68. The number of ether oxygens (including phenoxy) is 4. The molecular formula is C18H20O6. The molecule has 1 aliphatic heterocycles. The van der Waals surface area contributed by atoms with E-state index in [4.69, 9.17) is 18.9 Å². The summed E-state index contributed by atoms with van der Waals surface area (Å²) in [5.74, 6) is 2.26. The normalized spacial score (nSPS) is 19.0. The predicted molar refractivity (Wildman–Crippen MR) is 86.8 cm³/mol. The Morgan fingerprint density at radius 3 is 2.38 bits per heavy atom. The first-order valence-corrected chi connectivity index (χ1v) is 7.60. The van der Waals surface area contributed by atoms with Gasteiger partial charge in [0, 0.05) is 5.56 Å². The largest absolute Gasteiger partial charge is 0.493 e. The summed E-state index contributed by atoms with van der Waals surface area (Å²) in [4.78, 5) is 0. The summed E-state index contributed by atoms with van der Waals surface area (Å²) < 4.78 is 22.5. The van der Waals surface area contributed by atoms with Gasteiger partial charge in [0.05, 0.1) is 27.4 Å². The van der Waals surface area contributed by atoms with E-state index in [1.165, 1.54) is 0 Å². The highest BCUT2D eigenvalue weighted by molar-refractivity contribution is 5.47. The first-order chi connectivity index (χ1) is 11.7. The smallest absolute Gasteiger partial charge is 0.163 e. The van der Waals surface area contributed by atoms with Crippen LogP contribution in [-0.2, 0) is 6.61 Å². The predicted octanol–water partition coefficient (Wildman–Crippen LogP) is 2.07. The second kappa shape index (κ2) is 6.98. The van der Waals surface area contributed by atoms with E-state index in [9.17, 15) is 10.2 Å². The van der Waals surface area contributed by atoms with Gasteiger partial charge in [-0.15, -0.1) is 0 Å². The van der Waals surface area contributed by atoms with Gasteiger partial charge in [0.15, 0.2) is 35.2 Å². The van der Waals surface area contributed by atoms with Crippen LogP contribution in [0, 0.1) is 0 Å². The maximum absolute atomic E-state index is 9.68. The zero-order valence-corrected chi connectivity index (χ0v) is 13.6. The first-order valence-electron chi connectivity index (χ1n) is 7.60. The zero-order chi connectivity index (χ0) is 17.1. The minimum absolute atomic E-state index is 0.0822. The average Bonchev–Trinajstić information content (AvgIpc) is 2.65. The van der Waals surface area contributed by atoms with Crippen molar-refractivity contribution in [2.75, 3.05) is 20.8 Å². The van der Waals surface area contributed by atoms with E-state index >= 15 is 0 Å². The first kappa shape index (κ1) is 16.4. The summed E-state index contributed by atoms with van der Waals surface area (Å²) in [5.41, 5.74) is 1.53. The lowest BCUT2D eigenvalue weighted by atomic mass is 10.0. The molecule has 2 N–H and O–H groups in total. The third-order valence-corrected chi connectivity index (χ3v) is 3.98. The van der Waals surface area contributed by atoms with Crippen molar-refractivity contribution in [1.29, 1.82) is 0 Å². The summed E-state index contributed by atoms with van der Waals surface area (Å²) in [6.45, 7) is -0.276. The monoisotopic (exact) mass is 332 g/mol. The van der Waals surface area contributed by atoms with Crippen LogP contribution in [0.3, 0.4) is 0 Å². The fraction of sp³-hybridized carbons (Fsp3) is 0.333. The Hall–Kier alpha value is -2.44. The van der Waals surface area contributed by atoms with Gasteiger partial charge in [0.1, 0.15) is 0 Å². The summed E-state index contributed by atoms with van der Waals surface area (Å²) in [5, 5.41) is 19.0. The van der Waals surface area contributed by atoms with Gasteiger partial charge >= 0.3 is 0 Å². The van der Waals surface area contributed by atoms with E-state index in [1.807, 2.05) is 6.07 Å². The van der Waals surface area contributed by atoms with Crippen molar-refractivity contribution in [2.24, 2.45) is 0 Å². The van der Waals surface area contributed by atoms with Crippen molar-refractivity contribution in [2.45, 2.75) is 18.8 Å². The second-order valence-corrected chi connectivity index (χ2v) is 5.43. The molecule has 3 rings (SSSR count). The Morgan fingerprint density at radius 2 is 1.71 bits per heavy atom. The van der Waals surface area contributed by atoms with Crippen LogP contribution in [0.1, 0.15) is 17.2 Å². The molecule has 0 unspecified atom stereocenters. The molecule has 1 heterocycles. The second-order valence-electron chi connectivity index (χ2n) is 5.43. The van der Waals surface area contributed by atoms with E-state index in [-0.39, 0.29) is 13.2 Å². The number of hydrogen-bond donors (Lipinski definition) is 2. The number of methoxy groups -OCH3 is 2. The van der Waals surface area contributed by atoms with Crippen molar-refractivity contribution >= 4 is 0 Å². The molecule has 24 heavy (non-hydrogen) atoms. The molecule has 0 spiro atoms. The van der Waals surface area contributed by atoms with E-state index in [0.717, 1.165) is 11.1 Å². The molecule has 2 aromatic rings. The van der Waals surface area contributed by atoms with Gasteiger partial charge < -0.3 is 29.2 Å². The molecule has 2 atom stereocenters. The van der Waals surface area contributed by atoms with Crippen LogP contribution >= 0.6 is 0 Å². The fourth-order valence-electron chi connectivity index (χ4n) is 2.72. The van der Waals surface area contributed by atoms with Crippen LogP contribution in [0.4, 0.5) is 0 Å². The Labute approximate surface area is 140 Å². The van der Waals surface area contributed by atoms with E-state index < -0.39 is 12.2 Å². The molecule has 0 bridgehead atoms. The Balaban J connectivity index is 1.97. The lowest BCUT2D eigenvalue weighted by molar-refractivity contribution is -0.0125. The summed E-state index contributed by atoms with van der Waals surface area (Å²) in [7, 11) is 3.13. The van der Waals surface area contributed by atoms with Crippen LogP contribution in [0.2, 0.25) is 0 Å². The van der Waals surface area contributed by atoms with Gasteiger partial charge in [-0.1, -0.05) is 12.1 Å². The number of aliphatic hydroxyl groups excluding tert-OH is 2. The van der Waals surface area contributed by atoms with E-state index in [1.54, 1.807) is 44.6 Å². The van der Waals surface area contributed by atoms with Gasteiger partial charge in [-0.05, 0) is 29.8 Å². The summed E-state index contributed by atoms with van der Waals surface area (Å²) in [6, 6.07) is 10.7. The van der Waals surface area contributed by atoms with Crippen LogP contribution in [0.15, 0.2) is 36.4 Å². The van der Waals surface area contributed by atoms with Crippen LogP contribution in [0.25, 0.3) is 0 Å². The van der Waals surface area contributed by atoms with Gasteiger partial charge in [-0.2, -0.15) is 0 Å². The molecule has 128 valence electrons. The number of aliphatic hydroxyl groups is 2. The minimum atomic E-state index is -0.546. The lowest BCUT2D eigenvalue weighted by Crippen LogP contribution is -2.36. The third kappa shape index (κ3) is 2.98. The SMILES string of the molecule is COc1ccc([C@H]2Oc3cc(CO)ccc3O[C@@H]2CO)cc1OC. The van der Waals surface area contributed by atoms with Gasteiger partial charge in [0.2, 0.25) is 0 Å². The molecule has 0 aromatic heterocycles. The van der Waals surface area contributed by atoms with E-state index in [2.05, 4.69) is 0 Å². The Bertz CT molecular complexity index is 715. The third-order valence-electron chi connectivity index (χ3n) is 3.98. The zero-order valence-electron chi connectivity index (χ0n) is 13.6. The summed E-state index contributed by atoms with van der Waals surface area (Å²) in [6.07, 6.45) is -1.05. The van der Waals surface area contributed by atoms with Crippen molar-refractivity contribution < 1.29 is 29.2 Å². The van der Waals surface area contributed by atoms with Crippen molar-refractivity contribution in [3.05, 3.63) is 47.5 Å². The molecule has 0 fully saturated rings. The lowest BCUT2D eigenvalue weighted by Gasteiger charge is -2.33. The van der Waals surface area contributed by atoms with Crippen molar-refractivity contribution in [3.63, 3.8) is 0 Å². The quantitative estimate of drug-likeness (QED) is 0.873. The van der Waals surface area contributed by atoms with Crippen LogP contribution in [0.5, 0.6) is 23.0 Å². The maximum Gasteiger partial charge on any atom is 0.163 e. The Kier molecular flexibility index (Phi) is 4.78. The average molecular weight is 332 g/mol. The van der Waals surface area contributed by atoms with Crippen LogP contribution < -0.4 is 18.9 Å². The molecule has 6 nitrogen and oxygen atoms in total. The number of rotatable bonds is 5. The molecule has 1 aliphatic rings. The van der Waals surface area contributed by atoms with Crippen LogP contribution in [-0.4, -0.2) is 37.1 Å². The van der Waals surface area contributed by atoms with Crippen molar-refractivity contribution in [3.8, 4) is 23.0 Å². The van der Waals surface area contributed by atoms with Crippen molar-refractivity contribution in [1.82, 2.24) is 0 Å². The summed E-state index contributed by atoms with van der Waals surface area (Å²) >= 11 is 0. The molecule has 6 heteroatoms. The molecule has 0 saturated heterocycles. The van der Waals surface area contributed by atoms with Gasteiger partial charge in [-0.25, -0.2) is 0 Å². The standard InChI is InChI=1S/C18H20O6/c1-21-13-6-4-12(8-15(13)22-2)18-17(10-20)23-14-5-3-11(9-19)7-16(14)24-18/h3-8,17-20H,9-10H2,1-2H3/t17-,18-/m1/s1. The number of hydrogen-bond acceptors (Lipinski definition) is 6. The number of benzene rings is 2. The van der Waals surface area contributed by atoms with E-state index in [0.29, 0.717) is 23.0 Å². The fourth-order valence-corrected chi connectivity index (χ4v) is 2.72. The topological polar surface area (TPSA) is 77.4 Å². The highest BCUT2D eigenvalue weighted by atomic mass is 16.6. The molecular weight excluding hydrogens is 312 g/mol. The molecule has 0 amide bonds. The molecule has 2 aromatic carbocycles. The minimum Gasteiger partial charge on any atom is -0.493 e. The molecule has 0 radical (unpaired) electrons. The molecule has 0 aliphatic carbocycles. The Morgan fingerprint density at radius 1 is 0.917 bits per heavy atom. The van der Waals surface area contributed by atoms with Gasteiger partial charge in [-0.3, -0.25) is 0 Å². The van der Waals surface area contributed by atoms with Gasteiger partial charge in [0.25, 0.3) is 0 Å². The highest BCUT2D eigenvalue weighted by Gasteiger charge is 2.33. The molecule has 0 saturated carbocycles. The highest BCUT2D eigenvalue weighted by Crippen LogP contribution is 2.41. The number of fused-ring (bicyclic) bond motifs is 1.